The van der Waals surface area contributed by atoms with E-state index in [4.69, 9.17) is 9.47 Å². The Bertz CT molecular complexity index is 1160. The lowest BCUT2D eigenvalue weighted by Crippen LogP contribution is -2.29. The number of allylic oxidation sites excluding steroid dienone is 1. The number of rotatable bonds is 9. The molecule has 0 amide bonds. The molecule has 11 heteroatoms. The summed E-state index contributed by atoms with van der Waals surface area (Å²) in [6.07, 6.45) is -10.9. The number of nitrogens with zero attached hydrogens (tertiary/aromatic N) is 1. The minimum absolute atomic E-state index is 0.281. The van der Waals surface area contributed by atoms with Crippen LogP contribution in [-0.2, 0) is 14.3 Å². The SMILES string of the molecule is CC1(C)C(C=C(F)C(F)(F)OCC(F)(F)F)C1C(=O)OC(C#N)c1cccc(Oc2ccccc2)c1. The summed E-state index contributed by atoms with van der Waals surface area (Å²) in [5, 5.41) is 9.54. The Balaban J connectivity index is 1.69. The number of alkyl halides is 5. The second kappa shape index (κ2) is 10.2. The lowest BCUT2D eigenvalue weighted by atomic mass is 10.1. The first-order valence-corrected chi connectivity index (χ1v) is 10.6. The number of nitriles is 1. The van der Waals surface area contributed by atoms with E-state index in [1.165, 1.54) is 26.0 Å². The Kier molecular flexibility index (Phi) is 7.69. The molecule has 3 unspecified atom stereocenters. The standard InChI is InChI=1S/C25H21F6NO4/c1-23(2)18(12-20(26)25(30,31)34-14-24(27,28)29)21(23)22(33)36-19(13-32)15-7-6-10-17(11-15)35-16-8-4-3-5-9-16/h3-12,18-19,21H,14H2,1-2H3. The van der Waals surface area contributed by atoms with Crippen LogP contribution >= 0.6 is 0 Å². The van der Waals surface area contributed by atoms with Crippen molar-refractivity contribution in [2.24, 2.45) is 17.3 Å². The van der Waals surface area contributed by atoms with Crippen molar-refractivity contribution in [1.82, 2.24) is 0 Å². The molecule has 1 fully saturated rings. The first kappa shape index (κ1) is 27.1. The monoisotopic (exact) mass is 513 g/mol. The fourth-order valence-corrected chi connectivity index (χ4v) is 3.66. The van der Waals surface area contributed by atoms with E-state index >= 15 is 0 Å². The first-order chi connectivity index (χ1) is 16.7. The summed E-state index contributed by atoms with van der Waals surface area (Å²) in [5.74, 6) is -4.52. The molecule has 2 aromatic rings. The molecule has 0 bridgehead atoms. The summed E-state index contributed by atoms with van der Waals surface area (Å²) >= 11 is 0. The van der Waals surface area contributed by atoms with Gasteiger partial charge in [-0.25, -0.2) is 4.39 Å². The molecule has 192 valence electrons. The van der Waals surface area contributed by atoms with Crippen molar-refractivity contribution in [1.29, 1.82) is 5.26 Å². The molecule has 2 aromatic carbocycles. The molecule has 1 aliphatic rings. The number of esters is 1. The minimum Gasteiger partial charge on any atom is -0.457 e. The van der Waals surface area contributed by atoms with Crippen LogP contribution in [0.2, 0.25) is 0 Å². The van der Waals surface area contributed by atoms with Crippen molar-refractivity contribution in [2.45, 2.75) is 32.2 Å². The summed E-state index contributed by atoms with van der Waals surface area (Å²) < 4.78 is 92.1. The van der Waals surface area contributed by atoms with Crippen molar-refractivity contribution < 1.29 is 45.3 Å². The molecule has 0 aromatic heterocycles. The largest absolute Gasteiger partial charge is 0.457 e. The van der Waals surface area contributed by atoms with Crippen molar-refractivity contribution in [2.75, 3.05) is 6.61 Å². The molecular weight excluding hydrogens is 492 g/mol. The Labute approximate surface area is 202 Å². The summed E-state index contributed by atoms with van der Waals surface area (Å²) in [6, 6.07) is 16.8. The molecule has 5 nitrogen and oxygen atoms in total. The topological polar surface area (TPSA) is 68.5 Å². The van der Waals surface area contributed by atoms with Crippen LogP contribution in [0.4, 0.5) is 26.3 Å². The number of hydrogen-bond acceptors (Lipinski definition) is 5. The number of carbonyl (C=O) groups excluding carboxylic acids is 1. The van der Waals surface area contributed by atoms with Gasteiger partial charge in [0.05, 0.1) is 5.92 Å². The summed E-state index contributed by atoms with van der Waals surface area (Å²) in [4.78, 5) is 12.7. The molecule has 0 saturated heterocycles. The van der Waals surface area contributed by atoms with E-state index in [0.29, 0.717) is 17.6 Å². The summed E-state index contributed by atoms with van der Waals surface area (Å²) in [7, 11) is 0. The lowest BCUT2D eigenvalue weighted by Gasteiger charge is -2.16. The highest BCUT2D eigenvalue weighted by atomic mass is 19.4. The van der Waals surface area contributed by atoms with Gasteiger partial charge in [-0.1, -0.05) is 44.2 Å². The average Bonchev–Trinajstić information content (AvgIpc) is 3.36. The van der Waals surface area contributed by atoms with Gasteiger partial charge in [0.2, 0.25) is 6.10 Å². The third-order valence-electron chi connectivity index (χ3n) is 5.68. The van der Waals surface area contributed by atoms with Crippen LogP contribution in [0.5, 0.6) is 11.5 Å². The van der Waals surface area contributed by atoms with Crippen LogP contribution in [0.3, 0.4) is 0 Å². The first-order valence-electron chi connectivity index (χ1n) is 10.6. The fraction of sp³-hybridized carbons (Fsp3) is 0.360. The van der Waals surface area contributed by atoms with Gasteiger partial charge in [0.15, 0.2) is 5.83 Å². The number of hydrogen-bond donors (Lipinski definition) is 0. The van der Waals surface area contributed by atoms with Crippen LogP contribution in [0.15, 0.2) is 66.5 Å². The van der Waals surface area contributed by atoms with Gasteiger partial charge in [0.25, 0.3) is 0 Å². The van der Waals surface area contributed by atoms with E-state index in [1.807, 2.05) is 6.07 Å². The van der Waals surface area contributed by atoms with Gasteiger partial charge >= 0.3 is 18.3 Å². The molecule has 0 heterocycles. The number of ether oxygens (including phenoxy) is 3. The van der Waals surface area contributed by atoms with Gasteiger partial charge in [-0.05, 0) is 41.7 Å². The van der Waals surface area contributed by atoms with Crippen molar-refractivity contribution in [3.05, 3.63) is 72.1 Å². The predicted octanol–water partition coefficient (Wildman–Crippen LogP) is 6.88. The second-order valence-corrected chi connectivity index (χ2v) is 8.69. The molecule has 0 spiro atoms. The van der Waals surface area contributed by atoms with Crippen molar-refractivity contribution >= 4 is 5.97 Å². The average molecular weight is 513 g/mol. The molecule has 3 rings (SSSR count). The van der Waals surface area contributed by atoms with Crippen LogP contribution in [0, 0.1) is 28.6 Å². The lowest BCUT2D eigenvalue weighted by molar-refractivity contribution is -0.276. The quantitative estimate of drug-likeness (QED) is 0.270. The van der Waals surface area contributed by atoms with E-state index in [-0.39, 0.29) is 5.56 Å². The predicted molar refractivity (Wildman–Crippen MR) is 114 cm³/mol. The van der Waals surface area contributed by atoms with E-state index in [0.717, 1.165) is 0 Å². The smallest absolute Gasteiger partial charge is 0.412 e. The van der Waals surface area contributed by atoms with Crippen molar-refractivity contribution in [3.63, 3.8) is 0 Å². The number of para-hydroxylation sites is 1. The maximum atomic E-state index is 14.0. The highest BCUT2D eigenvalue weighted by molar-refractivity contribution is 5.78. The van der Waals surface area contributed by atoms with E-state index in [9.17, 15) is 36.4 Å². The minimum atomic E-state index is -5.08. The number of carbonyl (C=O) groups is 1. The van der Waals surface area contributed by atoms with Crippen LogP contribution in [0.1, 0.15) is 25.5 Å². The zero-order valence-corrected chi connectivity index (χ0v) is 19.1. The molecule has 1 aliphatic carbocycles. The summed E-state index contributed by atoms with van der Waals surface area (Å²) in [6.45, 7) is 0.591. The Hall–Kier alpha value is -3.52. The zero-order valence-electron chi connectivity index (χ0n) is 19.1. The van der Waals surface area contributed by atoms with Crippen LogP contribution in [0.25, 0.3) is 0 Å². The van der Waals surface area contributed by atoms with Crippen molar-refractivity contribution in [3.8, 4) is 17.6 Å². The molecule has 0 aliphatic heterocycles. The van der Waals surface area contributed by atoms with Gasteiger partial charge < -0.3 is 14.2 Å². The van der Waals surface area contributed by atoms with Crippen LogP contribution in [-0.4, -0.2) is 24.9 Å². The molecule has 3 atom stereocenters. The third-order valence-corrected chi connectivity index (χ3v) is 5.68. The van der Waals surface area contributed by atoms with E-state index in [2.05, 4.69) is 4.74 Å². The highest BCUT2D eigenvalue weighted by Gasteiger charge is 2.63. The fourth-order valence-electron chi connectivity index (χ4n) is 3.66. The van der Waals surface area contributed by atoms with E-state index < -0.39 is 54.0 Å². The number of halogens is 6. The summed E-state index contributed by atoms with van der Waals surface area (Å²) in [5.41, 5.74) is -0.768. The maximum Gasteiger partial charge on any atom is 0.412 e. The third kappa shape index (κ3) is 6.57. The Morgan fingerprint density at radius 1 is 1.08 bits per heavy atom. The van der Waals surface area contributed by atoms with Gasteiger partial charge in [0.1, 0.15) is 24.2 Å². The van der Waals surface area contributed by atoms with Gasteiger partial charge in [0, 0.05) is 5.56 Å². The molecule has 36 heavy (non-hydrogen) atoms. The molecule has 1 saturated carbocycles. The van der Waals surface area contributed by atoms with Crippen LogP contribution < -0.4 is 4.74 Å². The zero-order chi connectivity index (χ0) is 26.7. The van der Waals surface area contributed by atoms with E-state index in [1.54, 1.807) is 42.5 Å². The molecule has 0 radical (unpaired) electrons. The van der Waals surface area contributed by atoms with Gasteiger partial charge in [-0.15, -0.1) is 0 Å². The number of benzene rings is 2. The Morgan fingerprint density at radius 3 is 2.33 bits per heavy atom. The maximum absolute atomic E-state index is 14.0. The highest BCUT2D eigenvalue weighted by Crippen LogP contribution is 2.60. The Morgan fingerprint density at radius 2 is 1.72 bits per heavy atom. The molecule has 0 N–H and O–H groups in total. The molecular formula is C25H21F6NO4. The second-order valence-electron chi connectivity index (χ2n) is 8.69. The normalized spacial score (nSPS) is 20.2. The van der Waals surface area contributed by atoms with Gasteiger partial charge in [-0.2, -0.15) is 27.2 Å². The van der Waals surface area contributed by atoms with Gasteiger partial charge in [-0.3, -0.25) is 4.79 Å².